The second kappa shape index (κ2) is 10.4. The predicted octanol–water partition coefficient (Wildman–Crippen LogP) is 7.06. The number of hydrogen-bond donors (Lipinski definition) is 1. The number of fused-ring (bicyclic) bond motifs is 1. The first-order valence-electron chi connectivity index (χ1n) is 12.1. The molecule has 4 nitrogen and oxygen atoms in total. The lowest BCUT2D eigenvalue weighted by molar-refractivity contribution is 0.0993. The van der Waals surface area contributed by atoms with Crippen LogP contribution in [0.5, 0.6) is 0 Å². The number of benzene rings is 4. The van der Waals surface area contributed by atoms with E-state index in [0.717, 1.165) is 39.9 Å². The van der Waals surface area contributed by atoms with Gasteiger partial charge in [0.05, 0.1) is 5.52 Å². The summed E-state index contributed by atoms with van der Waals surface area (Å²) in [5.74, 6) is 0.102. The van der Waals surface area contributed by atoms with E-state index in [9.17, 15) is 4.79 Å². The van der Waals surface area contributed by atoms with E-state index in [4.69, 9.17) is 0 Å². The lowest BCUT2D eigenvalue weighted by Gasteiger charge is -2.15. The third kappa shape index (κ3) is 5.44. The zero-order valence-corrected chi connectivity index (χ0v) is 20.6. The predicted molar refractivity (Wildman–Crippen MR) is 150 cm³/mol. The fourth-order valence-corrected chi connectivity index (χ4v) is 4.42. The molecule has 0 radical (unpaired) electrons. The molecule has 0 saturated heterocycles. The van der Waals surface area contributed by atoms with Gasteiger partial charge in [0.25, 0.3) is 0 Å². The molecule has 1 heterocycles. The van der Waals surface area contributed by atoms with E-state index < -0.39 is 0 Å². The van der Waals surface area contributed by atoms with Crippen molar-refractivity contribution in [2.24, 2.45) is 0 Å². The Kier molecular flexibility index (Phi) is 6.76. The maximum atomic E-state index is 13.2. The van der Waals surface area contributed by atoms with Crippen molar-refractivity contribution in [1.82, 2.24) is 4.98 Å². The van der Waals surface area contributed by atoms with Crippen LogP contribution in [0.1, 0.15) is 27.0 Å². The van der Waals surface area contributed by atoms with Gasteiger partial charge in [0.15, 0.2) is 5.78 Å². The summed E-state index contributed by atoms with van der Waals surface area (Å²) in [7, 11) is 4.05. The van der Waals surface area contributed by atoms with E-state index in [1.54, 1.807) is 6.20 Å². The average molecular weight is 472 g/mol. The first-order valence-corrected chi connectivity index (χ1v) is 12.1. The minimum Gasteiger partial charge on any atom is -0.378 e. The number of Topliss-reactive ketones (excluding diaryl/α,β-unsaturated/α-hetero) is 1. The van der Waals surface area contributed by atoms with Gasteiger partial charge in [0.2, 0.25) is 0 Å². The summed E-state index contributed by atoms with van der Waals surface area (Å²) in [6.07, 6.45) is 3.03. The molecular weight excluding hydrogens is 442 g/mol. The highest BCUT2D eigenvalue weighted by Gasteiger charge is 2.10. The second-order valence-electron chi connectivity index (χ2n) is 9.24. The summed E-state index contributed by atoms with van der Waals surface area (Å²) in [6.45, 7) is 0. The van der Waals surface area contributed by atoms with Gasteiger partial charge in [0.1, 0.15) is 0 Å². The maximum Gasteiger partial charge on any atom is 0.167 e. The molecule has 0 aliphatic heterocycles. The fraction of sp³-hybridized carbons (Fsp3) is 0.125. The van der Waals surface area contributed by atoms with Crippen LogP contribution in [0, 0.1) is 0 Å². The van der Waals surface area contributed by atoms with Crippen molar-refractivity contribution >= 4 is 33.7 Å². The quantitative estimate of drug-likeness (QED) is 0.246. The van der Waals surface area contributed by atoms with Crippen molar-refractivity contribution in [3.05, 3.63) is 132 Å². The summed E-state index contributed by atoms with van der Waals surface area (Å²) in [4.78, 5) is 19.7. The normalized spacial score (nSPS) is 10.8. The largest absolute Gasteiger partial charge is 0.378 e. The van der Waals surface area contributed by atoms with Crippen LogP contribution in [0.4, 0.5) is 17.1 Å². The van der Waals surface area contributed by atoms with Crippen LogP contribution >= 0.6 is 0 Å². The van der Waals surface area contributed by atoms with Gasteiger partial charge >= 0.3 is 0 Å². The van der Waals surface area contributed by atoms with E-state index in [1.165, 1.54) is 11.1 Å². The van der Waals surface area contributed by atoms with Gasteiger partial charge in [-0.3, -0.25) is 9.78 Å². The number of nitrogens with zero attached hydrogens (tertiary/aromatic N) is 2. The van der Waals surface area contributed by atoms with Crippen LogP contribution in [0.15, 0.2) is 109 Å². The number of ketones is 1. The molecule has 0 saturated carbocycles. The van der Waals surface area contributed by atoms with E-state index in [2.05, 4.69) is 63.7 Å². The molecule has 5 rings (SSSR count). The highest BCUT2D eigenvalue weighted by molar-refractivity contribution is 5.99. The van der Waals surface area contributed by atoms with Crippen LogP contribution in [0.2, 0.25) is 0 Å². The summed E-state index contributed by atoms with van der Waals surface area (Å²) in [5.41, 5.74) is 8.07. The van der Waals surface area contributed by atoms with Crippen LogP contribution in [-0.4, -0.2) is 24.9 Å². The minimum absolute atomic E-state index is 0.102. The molecule has 0 fully saturated rings. The third-order valence-electron chi connectivity index (χ3n) is 6.31. The molecule has 1 N–H and O–H groups in total. The molecule has 0 bridgehead atoms. The van der Waals surface area contributed by atoms with E-state index >= 15 is 0 Å². The van der Waals surface area contributed by atoms with Crippen molar-refractivity contribution in [2.75, 3.05) is 24.3 Å². The standard InChI is InChI=1S/C32H29N3O/c1-35(2)28-14-15-30-29(22-28)31(16-17-33-30)34-27-13-7-12-26(21-27)32(36)20-25-11-6-10-24(19-25)18-23-8-4-3-5-9-23/h3-17,19,21-22H,18,20H2,1-2H3,(H,33,34). The number of hydrogen-bond acceptors (Lipinski definition) is 4. The molecule has 0 spiro atoms. The smallest absolute Gasteiger partial charge is 0.167 e. The minimum atomic E-state index is 0.102. The number of pyridine rings is 1. The Morgan fingerprint density at radius 2 is 1.56 bits per heavy atom. The van der Waals surface area contributed by atoms with Gasteiger partial charge in [-0.15, -0.1) is 0 Å². The topological polar surface area (TPSA) is 45.2 Å². The Labute approximate surface area is 212 Å². The van der Waals surface area contributed by atoms with Crippen LogP contribution < -0.4 is 10.2 Å². The van der Waals surface area contributed by atoms with Gasteiger partial charge in [-0.2, -0.15) is 0 Å². The molecule has 36 heavy (non-hydrogen) atoms. The lowest BCUT2D eigenvalue weighted by Crippen LogP contribution is -2.08. The lowest BCUT2D eigenvalue weighted by atomic mass is 9.98. The third-order valence-corrected chi connectivity index (χ3v) is 6.31. The Hall–Kier alpha value is -4.44. The van der Waals surface area contributed by atoms with Crippen LogP contribution in [-0.2, 0) is 12.8 Å². The summed E-state index contributed by atoms with van der Waals surface area (Å²) in [6, 6.07) is 34.6. The Morgan fingerprint density at radius 1 is 0.778 bits per heavy atom. The van der Waals surface area contributed by atoms with E-state index in [1.807, 2.05) is 68.7 Å². The second-order valence-corrected chi connectivity index (χ2v) is 9.24. The Balaban J connectivity index is 1.33. The molecular formula is C32H29N3O. The summed E-state index contributed by atoms with van der Waals surface area (Å²) < 4.78 is 0. The highest BCUT2D eigenvalue weighted by Crippen LogP contribution is 2.29. The summed E-state index contributed by atoms with van der Waals surface area (Å²) >= 11 is 0. The van der Waals surface area contributed by atoms with Crippen LogP contribution in [0.3, 0.4) is 0 Å². The van der Waals surface area contributed by atoms with Crippen molar-refractivity contribution in [3.63, 3.8) is 0 Å². The Morgan fingerprint density at radius 3 is 2.39 bits per heavy atom. The molecule has 5 aromatic rings. The summed E-state index contributed by atoms with van der Waals surface area (Å²) in [5, 5.41) is 4.54. The molecule has 4 aromatic carbocycles. The molecule has 0 aliphatic carbocycles. The molecule has 4 heteroatoms. The van der Waals surface area contributed by atoms with Gasteiger partial charge in [-0.1, -0.05) is 66.7 Å². The molecule has 0 aliphatic rings. The average Bonchev–Trinajstić information content (AvgIpc) is 2.89. The molecule has 0 atom stereocenters. The van der Waals surface area contributed by atoms with Crippen LogP contribution in [0.25, 0.3) is 10.9 Å². The van der Waals surface area contributed by atoms with Gasteiger partial charge in [0, 0.05) is 54.7 Å². The monoisotopic (exact) mass is 471 g/mol. The molecule has 1 aromatic heterocycles. The van der Waals surface area contributed by atoms with Gasteiger partial charge in [-0.05, 0) is 59.5 Å². The first-order chi connectivity index (χ1) is 17.5. The zero-order valence-electron chi connectivity index (χ0n) is 20.6. The SMILES string of the molecule is CN(C)c1ccc2nccc(Nc3cccc(C(=O)Cc4cccc(Cc5ccccc5)c4)c3)c2c1. The van der Waals surface area contributed by atoms with Crippen molar-refractivity contribution in [1.29, 1.82) is 0 Å². The van der Waals surface area contributed by atoms with Gasteiger partial charge in [-0.25, -0.2) is 0 Å². The van der Waals surface area contributed by atoms with Crippen molar-refractivity contribution < 1.29 is 4.79 Å². The number of carbonyl (C=O) groups excluding carboxylic acids is 1. The number of rotatable bonds is 8. The number of nitrogens with one attached hydrogen (secondary N) is 1. The fourth-order valence-electron chi connectivity index (χ4n) is 4.42. The number of carbonyl (C=O) groups is 1. The molecule has 0 unspecified atom stereocenters. The van der Waals surface area contributed by atoms with E-state index in [-0.39, 0.29) is 5.78 Å². The molecule has 178 valence electrons. The van der Waals surface area contributed by atoms with E-state index in [0.29, 0.717) is 12.0 Å². The highest BCUT2D eigenvalue weighted by atomic mass is 16.1. The van der Waals surface area contributed by atoms with Gasteiger partial charge < -0.3 is 10.2 Å². The molecule has 0 amide bonds. The number of anilines is 3. The Bertz CT molecular complexity index is 1510. The first kappa shape index (κ1) is 23.3. The number of aromatic nitrogens is 1. The van der Waals surface area contributed by atoms with Crippen molar-refractivity contribution in [2.45, 2.75) is 12.8 Å². The maximum absolute atomic E-state index is 13.2. The van der Waals surface area contributed by atoms with Crippen molar-refractivity contribution in [3.8, 4) is 0 Å². The zero-order chi connectivity index (χ0) is 24.9.